The molecule has 0 radical (unpaired) electrons. The van der Waals surface area contributed by atoms with Crippen molar-refractivity contribution in [3.63, 3.8) is 0 Å². The molecule has 27 heavy (non-hydrogen) atoms. The molecule has 0 aliphatic carbocycles. The van der Waals surface area contributed by atoms with Gasteiger partial charge in [0.25, 0.3) is 0 Å². The highest BCUT2D eigenvalue weighted by Gasteiger charge is 2.21. The Morgan fingerprint density at radius 3 is 1.81 bits per heavy atom. The molecule has 0 spiro atoms. The highest BCUT2D eigenvalue weighted by Crippen LogP contribution is 2.45. The molecule has 3 heteroatoms. The third kappa shape index (κ3) is 3.25. The zero-order chi connectivity index (χ0) is 19.6. The number of benzene rings is 3. The topological polar surface area (TPSA) is 27.7 Å². The largest absolute Gasteiger partial charge is 0.496 e. The highest BCUT2D eigenvalue weighted by atomic mass is 16.5. The maximum Gasteiger partial charge on any atom is 0.130 e. The van der Waals surface area contributed by atoms with E-state index < -0.39 is 0 Å². The molecule has 0 bridgehead atoms. The minimum absolute atomic E-state index is 0.845. The maximum absolute atomic E-state index is 5.81. The molecule has 0 N–H and O–H groups in total. The van der Waals surface area contributed by atoms with Crippen LogP contribution in [-0.4, -0.2) is 21.3 Å². The van der Waals surface area contributed by atoms with Gasteiger partial charge in [-0.1, -0.05) is 36.4 Å². The van der Waals surface area contributed by atoms with E-state index in [1.807, 2.05) is 24.3 Å². The lowest BCUT2D eigenvalue weighted by Crippen LogP contribution is -2.01. The number of hydrogen-bond acceptors (Lipinski definition) is 3. The minimum Gasteiger partial charge on any atom is -0.496 e. The SMILES string of the molecule is COc1ccc(-c2c(C)c(OC)c(C)c(C)c2OC)cc1-c1ccccc1. The van der Waals surface area contributed by atoms with Gasteiger partial charge in [-0.2, -0.15) is 0 Å². The molecule has 3 rings (SSSR count). The molecule has 0 unspecified atom stereocenters. The second kappa shape index (κ2) is 7.75. The first-order chi connectivity index (χ1) is 13.0. The summed E-state index contributed by atoms with van der Waals surface area (Å²) in [5.41, 5.74) is 7.56. The Bertz CT molecular complexity index is 959. The smallest absolute Gasteiger partial charge is 0.130 e. The Balaban J connectivity index is 2.31. The highest BCUT2D eigenvalue weighted by molar-refractivity contribution is 5.84. The van der Waals surface area contributed by atoms with E-state index in [0.29, 0.717) is 0 Å². The summed E-state index contributed by atoms with van der Waals surface area (Å²) in [6.45, 7) is 6.22. The molecular weight excluding hydrogens is 336 g/mol. The number of ether oxygens (including phenoxy) is 3. The first-order valence-corrected chi connectivity index (χ1v) is 8.99. The standard InChI is InChI=1S/C24H26O3/c1-15-16(2)24(27-6)22(17(3)23(15)26-5)19-12-13-21(25-4)20(14-19)18-10-8-7-9-11-18/h7-14H,1-6H3. The van der Waals surface area contributed by atoms with E-state index in [1.165, 1.54) is 0 Å². The average molecular weight is 362 g/mol. The lowest BCUT2D eigenvalue weighted by Gasteiger charge is -2.21. The molecule has 0 aromatic heterocycles. The lowest BCUT2D eigenvalue weighted by molar-refractivity contribution is 0.396. The van der Waals surface area contributed by atoms with Crippen molar-refractivity contribution in [2.75, 3.05) is 21.3 Å². The van der Waals surface area contributed by atoms with Gasteiger partial charge in [0.15, 0.2) is 0 Å². The van der Waals surface area contributed by atoms with E-state index in [9.17, 15) is 0 Å². The van der Waals surface area contributed by atoms with Crippen LogP contribution < -0.4 is 14.2 Å². The van der Waals surface area contributed by atoms with Crippen LogP contribution in [0.25, 0.3) is 22.3 Å². The summed E-state index contributed by atoms with van der Waals surface area (Å²) in [5, 5.41) is 0. The van der Waals surface area contributed by atoms with Crippen molar-refractivity contribution in [2.24, 2.45) is 0 Å². The number of hydrogen-bond donors (Lipinski definition) is 0. The van der Waals surface area contributed by atoms with Crippen LogP contribution >= 0.6 is 0 Å². The molecule has 3 nitrogen and oxygen atoms in total. The molecule has 3 aromatic rings. The van der Waals surface area contributed by atoms with Crippen molar-refractivity contribution in [1.29, 1.82) is 0 Å². The van der Waals surface area contributed by atoms with Gasteiger partial charge in [-0.05, 0) is 55.2 Å². The first-order valence-electron chi connectivity index (χ1n) is 8.99. The van der Waals surface area contributed by atoms with Crippen LogP contribution in [0.3, 0.4) is 0 Å². The summed E-state index contributed by atoms with van der Waals surface area (Å²) >= 11 is 0. The van der Waals surface area contributed by atoms with Crippen LogP contribution in [0.1, 0.15) is 16.7 Å². The van der Waals surface area contributed by atoms with E-state index in [1.54, 1.807) is 21.3 Å². The lowest BCUT2D eigenvalue weighted by atomic mass is 9.90. The van der Waals surface area contributed by atoms with E-state index in [-0.39, 0.29) is 0 Å². The molecule has 0 saturated carbocycles. The molecule has 3 aromatic carbocycles. The van der Waals surface area contributed by atoms with Gasteiger partial charge in [0.2, 0.25) is 0 Å². The normalized spacial score (nSPS) is 10.6. The maximum atomic E-state index is 5.81. The van der Waals surface area contributed by atoms with Gasteiger partial charge >= 0.3 is 0 Å². The average Bonchev–Trinajstić information content (AvgIpc) is 2.71. The van der Waals surface area contributed by atoms with Gasteiger partial charge in [0.1, 0.15) is 17.2 Å². The van der Waals surface area contributed by atoms with Gasteiger partial charge in [-0.25, -0.2) is 0 Å². The first kappa shape index (κ1) is 18.8. The van der Waals surface area contributed by atoms with E-state index in [4.69, 9.17) is 14.2 Å². The predicted molar refractivity (Wildman–Crippen MR) is 111 cm³/mol. The van der Waals surface area contributed by atoms with E-state index >= 15 is 0 Å². The van der Waals surface area contributed by atoms with Gasteiger partial charge in [0, 0.05) is 16.7 Å². The van der Waals surface area contributed by atoms with E-state index in [0.717, 1.165) is 56.2 Å². The molecule has 0 atom stereocenters. The van der Waals surface area contributed by atoms with Crippen molar-refractivity contribution >= 4 is 0 Å². The van der Waals surface area contributed by atoms with Crippen LogP contribution in [0.15, 0.2) is 48.5 Å². The summed E-state index contributed by atoms with van der Waals surface area (Å²) < 4.78 is 17.1. The Labute approximate surface area is 161 Å². The molecule has 0 amide bonds. The van der Waals surface area contributed by atoms with Crippen LogP contribution in [-0.2, 0) is 0 Å². The molecule has 140 valence electrons. The summed E-state index contributed by atoms with van der Waals surface area (Å²) in [6, 6.07) is 16.5. The summed E-state index contributed by atoms with van der Waals surface area (Å²) in [6.07, 6.45) is 0. The fourth-order valence-electron chi connectivity index (χ4n) is 3.71. The minimum atomic E-state index is 0.845. The monoisotopic (exact) mass is 362 g/mol. The van der Waals surface area contributed by atoms with Gasteiger partial charge in [-0.15, -0.1) is 0 Å². The summed E-state index contributed by atoms with van der Waals surface area (Å²) in [7, 11) is 5.14. The summed E-state index contributed by atoms with van der Waals surface area (Å²) in [5.74, 6) is 2.63. The fourth-order valence-corrected chi connectivity index (χ4v) is 3.71. The van der Waals surface area contributed by atoms with Crippen LogP contribution in [0.5, 0.6) is 17.2 Å². The second-order valence-electron chi connectivity index (χ2n) is 6.60. The third-order valence-electron chi connectivity index (χ3n) is 5.17. The zero-order valence-corrected chi connectivity index (χ0v) is 16.8. The van der Waals surface area contributed by atoms with Crippen LogP contribution in [0, 0.1) is 20.8 Å². The van der Waals surface area contributed by atoms with E-state index in [2.05, 4.69) is 45.0 Å². The van der Waals surface area contributed by atoms with Crippen molar-refractivity contribution in [2.45, 2.75) is 20.8 Å². The van der Waals surface area contributed by atoms with Gasteiger partial charge in [-0.3, -0.25) is 0 Å². The molecule has 0 aliphatic heterocycles. The fraction of sp³-hybridized carbons (Fsp3) is 0.250. The zero-order valence-electron chi connectivity index (χ0n) is 16.8. The Morgan fingerprint density at radius 2 is 1.22 bits per heavy atom. The van der Waals surface area contributed by atoms with Gasteiger partial charge in [0.05, 0.1) is 21.3 Å². The molecule has 0 aliphatic rings. The molecule has 0 fully saturated rings. The summed E-state index contributed by atoms with van der Waals surface area (Å²) in [4.78, 5) is 0. The van der Waals surface area contributed by atoms with Crippen molar-refractivity contribution in [1.82, 2.24) is 0 Å². The quantitative estimate of drug-likeness (QED) is 0.559. The third-order valence-corrected chi connectivity index (χ3v) is 5.17. The van der Waals surface area contributed by atoms with Crippen molar-refractivity contribution in [3.8, 4) is 39.5 Å². The van der Waals surface area contributed by atoms with Crippen molar-refractivity contribution < 1.29 is 14.2 Å². The van der Waals surface area contributed by atoms with Gasteiger partial charge < -0.3 is 14.2 Å². The number of methoxy groups -OCH3 is 3. The second-order valence-corrected chi connectivity index (χ2v) is 6.60. The molecule has 0 heterocycles. The Morgan fingerprint density at radius 1 is 0.593 bits per heavy atom. The Kier molecular flexibility index (Phi) is 5.41. The molecular formula is C24H26O3. The van der Waals surface area contributed by atoms with Crippen LogP contribution in [0.2, 0.25) is 0 Å². The number of rotatable bonds is 5. The molecule has 0 saturated heterocycles. The van der Waals surface area contributed by atoms with Crippen LogP contribution in [0.4, 0.5) is 0 Å². The Hall–Kier alpha value is -2.94. The predicted octanol–water partition coefficient (Wildman–Crippen LogP) is 5.97. The van der Waals surface area contributed by atoms with Crippen molar-refractivity contribution in [3.05, 3.63) is 65.2 Å².